The van der Waals surface area contributed by atoms with Crippen molar-refractivity contribution in [1.29, 1.82) is 0 Å². The number of nitrogens with one attached hydrogen (secondary N) is 1. The summed E-state index contributed by atoms with van der Waals surface area (Å²) in [6.45, 7) is 2.72. The van der Waals surface area contributed by atoms with Crippen LogP contribution in [0.4, 0.5) is 0 Å². The van der Waals surface area contributed by atoms with Gasteiger partial charge in [0.2, 0.25) is 0 Å². The minimum Gasteiger partial charge on any atom is -0.398 e. The quantitative estimate of drug-likeness (QED) is 0.450. The Morgan fingerprint density at radius 2 is 2.17 bits per heavy atom. The molecule has 0 aromatic carbocycles. The van der Waals surface area contributed by atoms with Crippen molar-refractivity contribution in [3.05, 3.63) is 0 Å². The van der Waals surface area contributed by atoms with E-state index < -0.39 is 8.56 Å². The zero-order valence-corrected chi connectivity index (χ0v) is 9.09. The van der Waals surface area contributed by atoms with Crippen LogP contribution in [0.2, 0.25) is 12.6 Å². The lowest BCUT2D eigenvalue weighted by Crippen LogP contribution is -2.40. The smallest absolute Gasteiger partial charge is 0.335 e. The standard InChI is InChI=1S/C7H19NO3Si/c1-8-7-11-12(3,10-2)6-4-5-9/h8-9H,4-7H2,1-3H3. The fraction of sp³-hybridized carbons (Fsp3) is 1.00. The molecule has 0 aromatic rings. The summed E-state index contributed by atoms with van der Waals surface area (Å²) >= 11 is 0. The second-order valence-corrected chi connectivity index (χ2v) is 6.27. The van der Waals surface area contributed by atoms with Gasteiger partial charge in [-0.25, -0.2) is 0 Å². The Morgan fingerprint density at radius 1 is 1.50 bits per heavy atom. The molecule has 74 valence electrons. The summed E-state index contributed by atoms with van der Waals surface area (Å²) in [6, 6.07) is 0.835. The molecule has 0 aliphatic heterocycles. The first kappa shape index (κ1) is 12.1. The molecule has 0 bridgehead atoms. The highest BCUT2D eigenvalue weighted by Crippen LogP contribution is 2.13. The van der Waals surface area contributed by atoms with Gasteiger partial charge in [0.05, 0.1) is 6.73 Å². The van der Waals surface area contributed by atoms with Gasteiger partial charge in [-0.1, -0.05) is 0 Å². The van der Waals surface area contributed by atoms with Gasteiger partial charge in [0, 0.05) is 13.7 Å². The van der Waals surface area contributed by atoms with E-state index in [0.717, 1.165) is 12.5 Å². The molecule has 4 nitrogen and oxygen atoms in total. The molecule has 0 aliphatic carbocycles. The molecule has 0 spiro atoms. The molecule has 0 radical (unpaired) electrons. The predicted octanol–water partition coefficient (Wildman–Crippen LogP) is 0.281. The van der Waals surface area contributed by atoms with E-state index in [4.69, 9.17) is 14.0 Å². The fourth-order valence-corrected chi connectivity index (χ4v) is 2.57. The van der Waals surface area contributed by atoms with Crippen molar-refractivity contribution in [2.75, 3.05) is 27.5 Å². The summed E-state index contributed by atoms with van der Waals surface area (Å²) in [5.74, 6) is 0. The molecular weight excluding hydrogens is 174 g/mol. The SMILES string of the molecule is CNCO[Si](C)(CCCO)OC. The van der Waals surface area contributed by atoms with Crippen LogP contribution in [0, 0.1) is 0 Å². The lowest BCUT2D eigenvalue weighted by molar-refractivity contribution is 0.189. The van der Waals surface area contributed by atoms with Crippen molar-refractivity contribution in [1.82, 2.24) is 5.32 Å². The van der Waals surface area contributed by atoms with Crippen LogP contribution in [0.5, 0.6) is 0 Å². The van der Waals surface area contributed by atoms with Crippen molar-refractivity contribution >= 4 is 8.56 Å². The molecule has 0 saturated heterocycles. The third-order valence-electron chi connectivity index (χ3n) is 1.74. The van der Waals surface area contributed by atoms with Crippen LogP contribution in [-0.2, 0) is 8.85 Å². The molecule has 0 fully saturated rings. The van der Waals surface area contributed by atoms with Crippen molar-refractivity contribution in [3.8, 4) is 0 Å². The number of rotatable bonds is 7. The molecule has 0 saturated carbocycles. The van der Waals surface area contributed by atoms with Gasteiger partial charge in [-0.15, -0.1) is 0 Å². The highest BCUT2D eigenvalue weighted by molar-refractivity contribution is 6.65. The monoisotopic (exact) mass is 193 g/mol. The Labute approximate surface area is 75.1 Å². The Kier molecular flexibility index (Phi) is 6.59. The van der Waals surface area contributed by atoms with Gasteiger partial charge in [0.1, 0.15) is 0 Å². The number of aliphatic hydroxyl groups is 1. The normalized spacial score (nSPS) is 16.0. The Hall–Kier alpha value is 0.0569. The average Bonchev–Trinajstić information content (AvgIpc) is 2.11. The molecule has 0 heterocycles. The highest BCUT2D eigenvalue weighted by atomic mass is 28.4. The summed E-state index contributed by atoms with van der Waals surface area (Å²) in [5.41, 5.74) is 0. The summed E-state index contributed by atoms with van der Waals surface area (Å²) in [7, 11) is 1.51. The van der Waals surface area contributed by atoms with Crippen LogP contribution in [0.25, 0.3) is 0 Å². The van der Waals surface area contributed by atoms with E-state index in [1.165, 1.54) is 0 Å². The molecule has 2 N–H and O–H groups in total. The third kappa shape index (κ3) is 4.84. The van der Waals surface area contributed by atoms with Crippen LogP contribution < -0.4 is 5.32 Å². The Bertz CT molecular complexity index is 105. The van der Waals surface area contributed by atoms with Crippen molar-refractivity contribution in [3.63, 3.8) is 0 Å². The van der Waals surface area contributed by atoms with Gasteiger partial charge in [0.25, 0.3) is 0 Å². The van der Waals surface area contributed by atoms with Gasteiger partial charge >= 0.3 is 8.56 Å². The lowest BCUT2D eigenvalue weighted by Gasteiger charge is -2.24. The molecule has 1 unspecified atom stereocenters. The topological polar surface area (TPSA) is 50.7 Å². The predicted molar refractivity (Wildman–Crippen MR) is 50.1 cm³/mol. The van der Waals surface area contributed by atoms with E-state index in [-0.39, 0.29) is 6.61 Å². The van der Waals surface area contributed by atoms with E-state index in [1.54, 1.807) is 7.11 Å². The number of hydrogen-bond donors (Lipinski definition) is 2. The van der Waals surface area contributed by atoms with Crippen LogP contribution in [0.1, 0.15) is 6.42 Å². The van der Waals surface area contributed by atoms with Crippen molar-refractivity contribution < 1.29 is 14.0 Å². The van der Waals surface area contributed by atoms with E-state index >= 15 is 0 Å². The largest absolute Gasteiger partial charge is 0.398 e. The third-order valence-corrected chi connectivity index (χ3v) is 4.62. The highest BCUT2D eigenvalue weighted by Gasteiger charge is 2.28. The summed E-state index contributed by atoms with van der Waals surface area (Å²) in [5, 5.41) is 11.6. The number of hydrogen-bond acceptors (Lipinski definition) is 4. The molecule has 0 aliphatic rings. The Balaban J connectivity index is 3.70. The van der Waals surface area contributed by atoms with Gasteiger partial charge in [-0.3, -0.25) is 5.32 Å². The van der Waals surface area contributed by atoms with E-state index in [9.17, 15) is 0 Å². The minimum atomic E-state index is -1.99. The van der Waals surface area contributed by atoms with Gasteiger partial charge in [-0.2, -0.15) is 0 Å². The van der Waals surface area contributed by atoms with E-state index in [1.807, 2.05) is 13.6 Å². The van der Waals surface area contributed by atoms with Crippen LogP contribution in [0.3, 0.4) is 0 Å². The lowest BCUT2D eigenvalue weighted by atomic mass is 10.5. The Morgan fingerprint density at radius 3 is 2.58 bits per heavy atom. The maximum absolute atomic E-state index is 8.65. The van der Waals surface area contributed by atoms with Gasteiger partial charge < -0.3 is 14.0 Å². The molecule has 0 aromatic heterocycles. The van der Waals surface area contributed by atoms with Crippen LogP contribution in [-0.4, -0.2) is 41.2 Å². The molecule has 0 rings (SSSR count). The van der Waals surface area contributed by atoms with Crippen LogP contribution in [0.15, 0.2) is 0 Å². The van der Waals surface area contributed by atoms with Crippen molar-refractivity contribution in [2.45, 2.75) is 19.0 Å². The zero-order chi connectivity index (χ0) is 9.45. The summed E-state index contributed by atoms with van der Waals surface area (Å²) in [6.07, 6.45) is 0.750. The van der Waals surface area contributed by atoms with Crippen LogP contribution >= 0.6 is 0 Å². The molecule has 0 amide bonds. The molecule has 5 heteroatoms. The first-order chi connectivity index (χ1) is 5.68. The second-order valence-electron chi connectivity index (χ2n) is 2.81. The second kappa shape index (κ2) is 6.56. The average molecular weight is 193 g/mol. The number of aliphatic hydroxyl groups excluding tert-OH is 1. The summed E-state index contributed by atoms with van der Waals surface area (Å²) in [4.78, 5) is 0. The van der Waals surface area contributed by atoms with Gasteiger partial charge in [-0.05, 0) is 26.1 Å². The van der Waals surface area contributed by atoms with E-state index in [2.05, 4.69) is 5.32 Å². The zero-order valence-electron chi connectivity index (χ0n) is 8.09. The summed E-state index contributed by atoms with van der Waals surface area (Å²) < 4.78 is 10.8. The first-order valence-corrected chi connectivity index (χ1v) is 6.65. The fourth-order valence-electron chi connectivity index (χ4n) is 0.858. The minimum absolute atomic E-state index is 0.203. The van der Waals surface area contributed by atoms with Gasteiger partial charge in [0.15, 0.2) is 0 Å². The molecule has 1 atom stereocenters. The maximum atomic E-state index is 8.65. The first-order valence-electron chi connectivity index (χ1n) is 4.13. The van der Waals surface area contributed by atoms with Crippen molar-refractivity contribution in [2.24, 2.45) is 0 Å². The van der Waals surface area contributed by atoms with E-state index in [0.29, 0.717) is 6.73 Å². The molecule has 12 heavy (non-hydrogen) atoms. The molecular formula is C7H19NO3Si. The maximum Gasteiger partial charge on any atom is 0.335 e.